The molecule has 0 atom stereocenters. The molecule has 0 bridgehead atoms. The Morgan fingerprint density at radius 1 is 0.340 bits per heavy atom. The summed E-state index contributed by atoms with van der Waals surface area (Å²) in [6.45, 7) is 13.9. The Morgan fingerprint density at radius 2 is 0.680 bits per heavy atom. The highest BCUT2D eigenvalue weighted by Crippen LogP contribution is 2.40. The predicted octanol–water partition coefficient (Wildman–Crippen LogP) is 11.8. The third-order valence-electron chi connectivity index (χ3n) is 10.3. The zero-order valence-corrected chi connectivity index (χ0v) is 29.9. The molecule has 248 valence electrons. The van der Waals surface area contributed by atoms with Crippen LogP contribution in [0.15, 0.2) is 133 Å². The summed E-state index contributed by atoms with van der Waals surface area (Å²) < 4.78 is 12.3. The van der Waals surface area contributed by atoms with Crippen molar-refractivity contribution in [3.05, 3.63) is 133 Å². The number of rotatable bonds is 2. The summed E-state index contributed by atoms with van der Waals surface area (Å²) in [6, 6.07) is 48.9. The minimum absolute atomic E-state index is 0.159. The normalized spacial score (nSPS) is 12.7. The van der Waals surface area contributed by atoms with Crippen molar-refractivity contribution < 1.29 is 0 Å². The van der Waals surface area contributed by atoms with E-state index in [1.807, 2.05) is 0 Å². The fraction of sp³-hybridized carbons (Fsp3) is 0.200. The Bertz CT molecular complexity index is 2620. The molecule has 9 aromatic rings. The molecule has 0 N–H and O–H groups in total. The summed E-state index contributed by atoms with van der Waals surface area (Å²) in [5.74, 6) is 0. The fourth-order valence-corrected chi connectivity index (χ4v) is 8.32. The van der Waals surface area contributed by atoms with E-state index in [2.05, 4.69) is 205 Å². The SMILES string of the molecule is Cn1c2cc3c(cc2c2cc4c(cc21)n(-c1ccccc1)c1ccccc1n4C(C)(C)C)n(C(C)(C)C)c1ccccc1n3-c1ccccc1. The lowest BCUT2D eigenvalue weighted by atomic mass is 10.0. The van der Waals surface area contributed by atoms with Crippen molar-refractivity contribution in [3.8, 4) is 11.4 Å². The van der Waals surface area contributed by atoms with Crippen LogP contribution in [0.3, 0.4) is 0 Å². The Hall–Kier alpha value is -5.68. The Balaban J connectivity index is 1.51. The molecule has 0 saturated carbocycles. The van der Waals surface area contributed by atoms with Crippen molar-refractivity contribution in [2.45, 2.75) is 52.6 Å². The molecule has 9 rings (SSSR count). The molecule has 0 amide bonds. The van der Waals surface area contributed by atoms with E-state index in [1.165, 1.54) is 65.9 Å². The van der Waals surface area contributed by atoms with Crippen LogP contribution < -0.4 is 0 Å². The van der Waals surface area contributed by atoms with Crippen LogP contribution in [0.25, 0.3) is 77.3 Å². The number of aryl methyl sites for hydroxylation is 1. The molecule has 5 heteroatoms. The zero-order chi connectivity index (χ0) is 34.5. The van der Waals surface area contributed by atoms with E-state index in [0.717, 1.165) is 11.4 Å². The minimum Gasteiger partial charge on any atom is -0.343 e. The van der Waals surface area contributed by atoms with Crippen molar-refractivity contribution in [2.24, 2.45) is 7.05 Å². The molecule has 6 aromatic carbocycles. The largest absolute Gasteiger partial charge is 0.343 e. The summed E-state index contributed by atoms with van der Waals surface area (Å²) in [5.41, 5.74) is 14.0. The lowest BCUT2D eigenvalue weighted by Crippen LogP contribution is -2.25. The molecule has 0 fully saturated rings. The Morgan fingerprint density at radius 3 is 1.04 bits per heavy atom. The molecule has 0 aliphatic carbocycles. The van der Waals surface area contributed by atoms with Crippen LogP contribution in [0.1, 0.15) is 41.5 Å². The number of para-hydroxylation sites is 6. The van der Waals surface area contributed by atoms with Gasteiger partial charge in [0.1, 0.15) is 0 Å². The van der Waals surface area contributed by atoms with Crippen LogP contribution in [0.5, 0.6) is 0 Å². The monoisotopic (exact) mass is 653 g/mol. The van der Waals surface area contributed by atoms with Gasteiger partial charge in [0.25, 0.3) is 0 Å². The van der Waals surface area contributed by atoms with Gasteiger partial charge in [0, 0.05) is 40.3 Å². The number of benzene rings is 6. The third-order valence-corrected chi connectivity index (χ3v) is 10.3. The second kappa shape index (κ2) is 10.7. The highest BCUT2D eigenvalue weighted by molar-refractivity contribution is 6.16. The first-order chi connectivity index (χ1) is 24.0. The summed E-state index contributed by atoms with van der Waals surface area (Å²) >= 11 is 0. The molecule has 0 radical (unpaired) electrons. The van der Waals surface area contributed by atoms with E-state index >= 15 is 0 Å². The zero-order valence-electron chi connectivity index (χ0n) is 29.9. The van der Waals surface area contributed by atoms with E-state index in [1.54, 1.807) is 0 Å². The van der Waals surface area contributed by atoms with E-state index in [0.29, 0.717) is 0 Å². The molecular weight excluding hydrogens is 611 g/mol. The van der Waals surface area contributed by atoms with E-state index < -0.39 is 0 Å². The fourth-order valence-electron chi connectivity index (χ4n) is 8.32. The highest BCUT2D eigenvalue weighted by Gasteiger charge is 2.25. The van der Waals surface area contributed by atoms with Crippen LogP contribution in [-0.2, 0) is 18.1 Å². The second-order valence-electron chi connectivity index (χ2n) is 15.6. The van der Waals surface area contributed by atoms with Gasteiger partial charge in [-0.05, 0) is 114 Å². The van der Waals surface area contributed by atoms with Gasteiger partial charge in [-0.1, -0.05) is 60.7 Å². The molecule has 0 aliphatic heterocycles. The molecule has 0 unspecified atom stereocenters. The van der Waals surface area contributed by atoms with Gasteiger partial charge in [0.15, 0.2) is 0 Å². The van der Waals surface area contributed by atoms with E-state index in [4.69, 9.17) is 0 Å². The van der Waals surface area contributed by atoms with Crippen LogP contribution in [0.4, 0.5) is 0 Å². The van der Waals surface area contributed by atoms with Gasteiger partial charge < -0.3 is 22.8 Å². The highest BCUT2D eigenvalue weighted by atomic mass is 15.1. The smallest absolute Gasteiger partial charge is 0.0721 e. The van der Waals surface area contributed by atoms with E-state index in [-0.39, 0.29) is 11.1 Å². The van der Waals surface area contributed by atoms with Crippen LogP contribution in [-0.4, -0.2) is 22.8 Å². The lowest BCUT2D eigenvalue weighted by Gasteiger charge is -2.31. The van der Waals surface area contributed by atoms with Gasteiger partial charge >= 0.3 is 0 Å². The first-order valence-corrected chi connectivity index (χ1v) is 17.6. The minimum atomic E-state index is -0.159. The molecule has 0 spiro atoms. The molecule has 0 aliphatic rings. The van der Waals surface area contributed by atoms with E-state index in [9.17, 15) is 0 Å². The number of hydrogen-bond donors (Lipinski definition) is 0. The van der Waals surface area contributed by atoms with Crippen molar-refractivity contribution in [2.75, 3.05) is 0 Å². The van der Waals surface area contributed by atoms with Crippen molar-refractivity contribution >= 4 is 65.9 Å². The summed E-state index contributed by atoms with van der Waals surface area (Å²) in [7, 11) is 2.22. The van der Waals surface area contributed by atoms with Gasteiger partial charge in [0.05, 0.1) is 55.2 Å². The average molecular weight is 654 g/mol. The van der Waals surface area contributed by atoms with Crippen LogP contribution in [0, 0.1) is 0 Å². The first kappa shape index (κ1) is 30.4. The van der Waals surface area contributed by atoms with Crippen LogP contribution in [0.2, 0.25) is 0 Å². The number of nitrogens with zero attached hydrogens (tertiary/aromatic N) is 5. The molecule has 0 saturated heterocycles. The van der Waals surface area contributed by atoms with Crippen LogP contribution >= 0.6 is 0 Å². The second-order valence-corrected chi connectivity index (χ2v) is 15.6. The van der Waals surface area contributed by atoms with Crippen molar-refractivity contribution in [1.82, 2.24) is 22.8 Å². The van der Waals surface area contributed by atoms with Gasteiger partial charge in [0.2, 0.25) is 0 Å². The molecule has 3 heterocycles. The number of aromatic nitrogens is 5. The quantitative estimate of drug-likeness (QED) is 0.166. The molecule has 3 aromatic heterocycles. The van der Waals surface area contributed by atoms with Gasteiger partial charge in [-0.2, -0.15) is 0 Å². The average Bonchev–Trinajstić information content (AvgIpc) is 3.36. The summed E-state index contributed by atoms with van der Waals surface area (Å²) in [4.78, 5) is 0. The van der Waals surface area contributed by atoms with Crippen molar-refractivity contribution in [1.29, 1.82) is 0 Å². The summed E-state index contributed by atoms with van der Waals surface area (Å²) in [5, 5.41) is 2.51. The third kappa shape index (κ3) is 4.39. The van der Waals surface area contributed by atoms with Crippen molar-refractivity contribution in [3.63, 3.8) is 0 Å². The Kier molecular flexibility index (Phi) is 6.48. The number of fused-ring (bicyclic) bond motifs is 7. The molecule has 5 nitrogen and oxygen atoms in total. The maximum Gasteiger partial charge on any atom is 0.0721 e. The molecule has 50 heavy (non-hydrogen) atoms. The summed E-state index contributed by atoms with van der Waals surface area (Å²) in [6.07, 6.45) is 0. The van der Waals surface area contributed by atoms with Gasteiger partial charge in [-0.15, -0.1) is 0 Å². The first-order valence-electron chi connectivity index (χ1n) is 17.6. The maximum atomic E-state index is 2.53. The lowest BCUT2D eigenvalue weighted by molar-refractivity contribution is 0.420. The van der Waals surface area contributed by atoms with Gasteiger partial charge in [-0.3, -0.25) is 0 Å². The maximum absolute atomic E-state index is 2.53. The predicted molar refractivity (Wildman–Crippen MR) is 213 cm³/mol. The molecular formula is C45H43N5. The standard InChI is InChI=1S/C45H43N5/c1-44(2,3)49-36-24-16-14-22-34(36)47(30-18-10-8-11-19-30)40-28-38-32(26-42(40)49)33-27-43-41(29-39(33)46(38)7)48(31-20-12-9-13-21-31)35-23-15-17-25-37(35)50(43)45(4,5)6/h8-29H,1-7H3. The number of hydrogen-bond acceptors (Lipinski definition) is 0. The topological polar surface area (TPSA) is 24.6 Å². The Labute approximate surface area is 292 Å². The van der Waals surface area contributed by atoms with Gasteiger partial charge in [-0.25, -0.2) is 0 Å².